The Morgan fingerprint density at radius 3 is 2.44 bits per heavy atom. The first kappa shape index (κ1) is 36.1. The summed E-state index contributed by atoms with van der Waals surface area (Å²) in [5.41, 5.74) is -0.951. The van der Waals surface area contributed by atoms with Gasteiger partial charge in [0.15, 0.2) is 11.3 Å². The summed E-state index contributed by atoms with van der Waals surface area (Å²) in [6, 6.07) is -2.37. The first-order valence-corrected chi connectivity index (χ1v) is 15.5. The van der Waals surface area contributed by atoms with Crippen molar-refractivity contribution in [1.29, 1.82) is 0 Å². The van der Waals surface area contributed by atoms with Gasteiger partial charge in [0, 0.05) is 34.6 Å². The zero-order chi connectivity index (χ0) is 36.4. The van der Waals surface area contributed by atoms with Crippen molar-refractivity contribution in [3.8, 4) is 0 Å². The van der Waals surface area contributed by atoms with E-state index in [1.54, 1.807) is 0 Å². The van der Waals surface area contributed by atoms with Crippen molar-refractivity contribution in [2.24, 2.45) is 5.92 Å². The van der Waals surface area contributed by atoms with Crippen molar-refractivity contribution in [2.75, 3.05) is 6.61 Å². The lowest BCUT2D eigenvalue weighted by atomic mass is 9.43. The van der Waals surface area contributed by atoms with Gasteiger partial charge in [0.2, 0.25) is 5.92 Å². The minimum Gasteiger partial charge on any atom is -0.376 e. The molecule has 3 aliphatic rings. The number of hydrogen-bond acceptors (Lipinski definition) is 7. The van der Waals surface area contributed by atoms with Crippen LogP contribution in [0.2, 0.25) is 0 Å². The molecule has 0 aromatic carbocycles. The van der Waals surface area contributed by atoms with Gasteiger partial charge in [-0.25, -0.2) is 31.9 Å². The third kappa shape index (κ3) is 6.95. The predicted octanol–water partition coefficient (Wildman–Crippen LogP) is 2.98. The summed E-state index contributed by atoms with van der Waals surface area (Å²) in [7, 11) is 22.7. The zero-order valence-corrected chi connectivity index (χ0v) is 26.1. The summed E-state index contributed by atoms with van der Waals surface area (Å²) in [5.74, 6) is -8.92. The van der Waals surface area contributed by atoms with Crippen LogP contribution in [0, 0.1) is 5.92 Å². The number of nitrogens with one attached hydrogen (secondary N) is 2. The van der Waals surface area contributed by atoms with Crippen LogP contribution >= 0.6 is 0 Å². The number of urea groups is 1. The quantitative estimate of drug-likeness (QED) is 0.246. The highest BCUT2D eigenvalue weighted by atomic mass is 19.4. The van der Waals surface area contributed by atoms with E-state index in [-0.39, 0.29) is 42.5 Å². The second-order valence-corrected chi connectivity index (χ2v) is 13.0. The lowest BCUT2D eigenvalue weighted by molar-refractivity contribution is -0.127. The molecule has 0 spiro atoms. The Kier molecular flexibility index (Phi) is 9.03. The summed E-state index contributed by atoms with van der Waals surface area (Å²) >= 11 is 0. The van der Waals surface area contributed by atoms with Crippen LogP contribution in [0.15, 0.2) is 29.2 Å². The molecule has 3 aromatic rings. The van der Waals surface area contributed by atoms with E-state index in [1.807, 2.05) is 5.32 Å². The zero-order valence-electron chi connectivity index (χ0n) is 26.1. The molecule has 2 aliphatic carbocycles. The highest BCUT2D eigenvalue weighted by molar-refractivity contribution is 6.48. The van der Waals surface area contributed by atoms with Crippen LogP contribution in [-0.2, 0) is 11.2 Å². The lowest BCUT2D eigenvalue weighted by Crippen LogP contribution is -2.83. The fraction of sp³-hybridized carbons (Fsp3) is 0.607. The van der Waals surface area contributed by atoms with Crippen LogP contribution in [0.4, 0.5) is 35.5 Å². The number of halogens is 7. The molecule has 11 nitrogen and oxygen atoms in total. The Labute approximate surface area is 285 Å². The van der Waals surface area contributed by atoms with E-state index in [0.717, 1.165) is 0 Å². The third-order valence-electron chi connectivity index (χ3n) is 9.11. The molecular formula is C28H26B4F7N7O4. The summed E-state index contributed by atoms with van der Waals surface area (Å²) in [4.78, 5) is 31.4. The van der Waals surface area contributed by atoms with Gasteiger partial charge in [0.25, 0.3) is 11.8 Å². The SMILES string of the molecule is [B]C1([B])NC(=O)N([C@H](COC2CC2)c2cnn3cc([C@@H](NC(=O)c4nocc4CC(F)(F)F)C4CCC(F)(F)CC4)nc3c2)C([B])([B])C1(F)F. The van der Waals surface area contributed by atoms with E-state index in [0.29, 0.717) is 24.0 Å². The second kappa shape index (κ2) is 12.5. The van der Waals surface area contributed by atoms with Gasteiger partial charge in [-0.05, 0) is 37.7 Å². The van der Waals surface area contributed by atoms with Crippen LogP contribution in [0.3, 0.4) is 0 Å². The molecule has 3 aromatic heterocycles. The van der Waals surface area contributed by atoms with E-state index in [1.165, 1.54) is 23.0 Å². The van der Waals surface area contributed by atoms with Crippen LogP contribution in [0.25, 0.3) is 5.65 Å². The third-order valence-corrected chi connectivity index (χ3v) is 9.11. The highest BCUT2D eigenvalue weighted by Gasteiger charge is 2.64. The molecule has 8 radical (unpaired) electrons. The Bertz CT molecular complexity index is 1760. The lowest BCUT2D eigenvalue weighted by Gasteiger charge is -2.58. The van der Waals surface area contributed by atoms with E-state index >= 15 is 8.78 Å². The van der Waals surface area contributed by atoms with Crippen molar-refractivity contribution in [3.05, 3.63) is 47.2 Å². The maximum Gasteiger partial charge on any atom is 0.393 e. The summed E-state index contributed by atoms with van der Waals surface area (Å²) in [6.45, 7) is -0.356. The number of aromatic nitrogens is 4. The molecule has 2 N–H and O–H groups in total. The topological polar surface area (TPSA) is 127 Å². The second-order valence-electron chi connectivity index (χ2n) is 13.0. The number of ether oxygens (including phenoxy) is 1. The van der Waals surface area contributed by atoms with Gasteiger partial charge in [-0.15, -0.1) is 0 Å². The van der Waals surface area contributed by atoms with Gasteiger partial charge in [-0.1, -0.05) is 5.16 Å². The van der Waals surface area contributed by atoms with Gasteiger partial charge < -0.3 is 24.8 Å². The van der Waals surface area contributed by atoms with Crippen LogP contribution in [-0.4, -0.2) is 109 Å². The number of hydrogen-bond donors (Lipinski definition) is 2. The van der Waals surface area contributed by atoms with Crippen molar-refractivity contribution < 1.29 is 49.6 Å². The van der Waals surface area contributed by atoms with E-state index < -0.39 is 89.2 Å². The van der Waals surface area contributed by atoms with Crippen LogP contribution < -0.4 is 10.6 Å². The number of rotatable bonds is 10. The number of fused-ring (bicyclic) bond motifs is 1. The largest absolute Gasteiger partial charge is 0.393 e. The molecule has 2 atom stereocenters. The summed E-state index contributed by atoms with van der Waals surface area (Å²) in [6.07, 6.45) is -2.93. The molecule has 3 amide bonds. The molecule has 50 heavy (non-hydrogen) atoms. The normalized spacial score (nSPS) is 22.9. The fourth-order valence-electron chi connectivity index (χ4n) is 6.21. The molecule has 22 heteroatoms. The van der Waals surface area contributed by atoms with Crippen molar-refractivity contribution in [2.45, 2.75) is 91.8 Å². The van der Waals surface area contributed by atoms with Crippen LogP contribution in [0.1, 0.15) is 77.9 Å². The van der Waals surface area contributed by atoms with E-state index in [2.05, 4.69) is 25.1 Å². The molecule has 3 fully saturated rings. The molecule has 1 saturated heterocycles. The average Bonchev–Trinajstić information content (AvgIpc) is 3.55. The first-order chi connectivity index (χ1) is 23.2. The number of imidazole rings is 1. The number of carbonyl (C=O) groups excluding carboxylic acids is 2. The van der Waals surface area contributed by atoms with E-state index in [9.17, 15) is 31.5 Å². The number of alkyl halides is 7. The summed E-state index contributed by atoms with van der Waals surface area (Å²) in [5, 5.41) is 5.76. The Morgan fingerprint density at radius 2 is 1.80 bits per heavy atom. The van der Waals surface area contributed by atoms with Crippen molar-refractivity contribution in [1.82, 2.24) is 35.3 Å². The maximum atomic E-state index is 15.4. The van der Waals surface area contributed by atoms with Gasteiger partial charge in [-0.2, -0.15) is 18.3 Å². The molecule has 2 saturated carbocycles. The van der Waals surface area contributed by atoms with Gasteiger partial charge in [-0.3, -0.25) is 4.79 Å². The number of carbonyl (C=O) groups is 2. The molecule has 6 rings (SSSR count). The average molecular weight is 701 g/mol. The summed E-state index contributed by atoms with van der Waals surface area (Å²) < 4.78 is 110. The predicted molar refractivity (Wildman–Crippen MR) is 162 cm³/mol. The Morgan fingerprint density at radius 1 is 1.12 bits per heavy atom. The standard InChI is InChI=1S/C28H26B4F7N7O4/c29-27(30)26(38,39)28(31,32)46(23(48)43-27)18(12-49-16-1-2-16)14-7-19-41-17(10-45(19)40-9-14)20(13-3-5-24(33,34)6-4-13)42-22(47)21-15(11-50-44-21)8-25(35,36)37/h7,9-11,13,16,18,20H,1-6,8,12H2,(H,42,47)(H,43,48)/t18-,20+/m1/s1. The molecule has 4 heterocycles. The first-order valence-electron chi connectivity index (χ1n) is 15.5. The molecule has 0 bridgehead atoms. The molecule has 1 aliphatic heterocycles. The Balaban J connectivity index is 1.35. The highest BCUT2D eigenvalue weighted by Crippen LogP contribution is 2.45. The van der Waals surface area contributed by atoms with Crippen molar-refractivity contribution in [3.63, 3.8) is 0 Å². The Hall–Kier alpha value is -3.70. The number of nitrogens with zero attached hydrogens (tertiary/aromatic N) is 5. The van der Waals surface area contributed by atoms with Gasteiger partial charge >= 0.3 is 12.2 Å². The van der Waals surface area contributed by atoms with Crippen LogP contribution in [0.5, 0.6) is 0 Å². The van der Waals surface area contributed by atoms with Gasteiger partial charge in [0.1, 0.15) is 6.26 Å². The maximum absolute atomic E-state index is 15.4. The van der Waals surface area contributed by atoms with Gasteiger partial charge in [0.05, 0.1) is 80.7 Å². The number of amides is 3. The molecule has 258 valence electrons. The fourth-order valence-corrected chi connectivity index (χ4v) is 6.21. The molecular weight excluding hydrogens is 675 g/mol. The van der Waals surface area contributed by atoms with E-state index in [4.69, 9.17) is 36.1 Å². The minimum absolute atomic E-state index is 0.0457. The van der Waals surface area contributed by atoms with Crippen molar-refractivity contribution >= 4 is 49.0 Å². The minimum atomic E-state index is -4.68. The monoisotopic (exact) mass is 701 g/mol. The molecule has 0 unspecified atom stereocenters. The smallest absolute Gasteiger partial charge is 0.376 e.